The zero-order valence-electron chi connectivity index (χ0n) is 13.5. The number of ether oxygens (including phenoxy) is 1. The predicted molar refractivity (Wildman–Crippen MR) is 86.0 cm³/mol. The molecule has 0 bridgehead atoms. The molecule has 5 heteroatoms. The van der Waals surface area contributed by atoms with E-state index in [0.717, 1.165) is 17.7 Å². The highest BCUT2D eigenvalue weighted by Crippen LogP contribution is 2.29. The smallest absolute Gasteiger partial charge is 0.263 e. The van der Waals surface area contributed by atoms with E-state index in [0.29, 0.717) is 31.6 Å². The maximum Gasteiger partial charge on any atom is 0.263 e. The van der Waals surface area contributed by atoms with Crippen LogP contribution in [0.15, 0.2) is 18.2 Å². The van der Waals surface area contributed by atoms with Crippen LogP contribution in [0.1, 0.15) is 45.6 Å². The van der Waals surface area contributed by atoms with Crippen molar-refractivity contribution in [1.29, 1.82) is 0 Å². The number of hydrogen-bond donors (Lipinski definition) is 2. The lowest BCUT2D eigenvalue weighted by Crippen LogP contribution is -2.48. The van der Waals surface area contributed by atoms with Crippen molar-refractivity contribution in [3.05, 3.63) is 23.8 Å². The Kier molecular flexibility index (Phi) is 5.06. The van der Waals surface area contributed by atoms with Crippen molar-refractivity contribution in [2.45, 2.75) is 52.1 Å². The number of hydrogen-bond acceptors (Lipinski definition) is 3. The molecule has 1 aliphatic rings. The maximum atomic E-state index is 12.3. The van der Waals surface area contributed by atoms with E-state index in [1.54, 1.807) is 13.0 Å². The quantitative estimate of drug-likeness (QED) is 0.849. The molecule has 1 atom stereocenters. The third-order valence-electron chi connectivity index (χ3n) is 4.01. The molecule has 1 aromatic rings. The zero-order chi connectivity index (χ0) is 16.2. The second-order valence-corrected chi connectivity index (χ2v) is 5.81. The zero-order valence-corrected chi connectivity index (χ0v) is 13.5. The van der Waals surface area contributed by atoms with Crippen LogP contribution in [0.5, 0.6) is 5.75 Å². The van der Waals surface area contributed by atoms with Gasteiger partial charge in [-0.2, -0.15) is 0 Å². The van der Waals surface area contributed by atoms with Crippen LogP contribution >= 0.6 is 0 Å². The van der Waals surface area contributed by atoms with Gasteiger partial charge < -0.3 is 15.4 Å². The molecule has 5 nitrogen and oxygen atoms in total. The largest absolute Gasteiger partial charge is 0.478 e. The molecule has 2 rings (SSSR count). The maximum absolute atomic E-state index is 12.3. The summed E-state index contributed by atoms with van der Waals surface area (Å²) in [5.74, 6) is 0.604. The molecule has 0 aliphatic carbocycles. The molecule has 1 heterocycles. The van der Waals surface area contributed by atoms with Gasteiger partial charge in [0.1, 0.15) is 5.75 Å². The summed E-state index contributed by atoms with van der Waals surface area (Å²) in [6, 6.07) is 5.54. The number of nitrogens with one attached hydrogen (secondary N) is 2. The first kappa shape index (κ1) is 16.3. The standard InChI is InChI=1S/C17H24N2O3/c1-4-10-18-16(21)17(3,5-2)22-13-7-8-14-12(11-13)6-9-15(20)19-14/h7-8,11H,4-6,9-10H2,1-3H3,(H,18,21)(H,19,20). The van der Waals surface area contributed by atoms with Crippen LogP contribution in [-0.4, -0.2) is 24.0 Å². The lowest BCUT2D eigenvalue weighted by molar-refractivity contribution is -0.135. The fraction of sp³-hybridized carbons (Fsp3) is 0.529. The Morgan fingerprint density at radius 1 is 1.36 bits per heavy atom. The van der Waals surface area contributed by atoms with Crippen molar-refractivity contribution in [2.75, 3.05) is 11.9 Å². The Bertz CT molecular complexity index is 571. The van der Waals surface area contributed by atoms with Gasteiger partial charge in [-0.15, -0.1) is 0 Å². The predicted octanol–water partition coefficient (Wildman–Crippen LogP) is 2.65. The summed E-state index contributed by atoms with van der Waals surface area (Å²) < 4.78 is 5.98. The van der Waals surface area contributed by atoms with Crippen LogP contribution in [0.2, 0.25) is 0 Å². The number of carbonyl (C=O) groups is 2. The molecular formula is C17H24N2O3. The van der Waals surface area contributed by atoms with Crippen LogP contribution in [0, 0.1) is 0 Å². The van der Waals surface area contributed by atoms with E-state index in [-0.39, 0.29) is 11.8 Å². The highest BCUT2D eigenvalue weighted by molar-refractivity contribution is 5.94. The number of amides is 2. The minimum Gasteiger partial charge on any atom is -0.478 e. The Morgan fingerprint density at radius 2 is 2.14 bits per heavy atom. The van der Waals surface area contributed by atoms with Crippen molar-refractivity contribution in [3.63, 3.8) is 0 Å². The van der Waals surface area contributed by atoms with Crippen molar-refractivity contribution < 1.29 is 14.3 Å². The van der Waals surface area contributed by atoms with Gasteiger partial charge in [-0.05, 0) is 49.9 Å². The number of rotatable bonds is 6. The topological polar surface area (TPSA) is 67.4 Å². The molecule has 1 aromatic carbocycles. The molecule has 0 aromatic heterocycles. The molecule has 0 saturated heterocycles. The van der Waals surface area contributed by atoms with E-state index in [4.69, 9.17) is 4.74 Å². The second-order valence-electron chi connectivity index (χ2n) is 5.81. The SMILES string of the molecule is CCCNC(=O)C(C)(CC)Oc1ccc2c(c1)CCC(=O)N2. The van der Waals surface area contributed by atoms with Crippen molar-refractivity contribution in [3.8, 4) is 5.75 Å². The third-order valence-corrected chi connectivity index (χ3v) is 4.01. The summed E-state index contributed by atoms with van der Waals surface area (Å²) in [5, 5.41) is 5.73. The molecule has 2 amide bonds. The van der Waals surface area contributed by atoms with E-state index in [1.165, 1.54) is 0 Å². The molecular weight excluding hydrogens is 280 g/mol. The van der Waals surface area contributed by atoms with Gasteiger partial charge in [0.05, 0.1) is 0 Å². The van der Waals surface area contributed by atoms with Gasteiger partial charge in [0, 0.05) is 18.7 Å². The summed E-state index contributed by atoms with van der Waals surface area (Å²) in [5.41, 5.74) is 0.989. The van der Waals surface area contributed by atoms with Gasteiger partial charge in [-0.3, -0.25) is 9.59 Å². The highest BCUT2D eigenvalue weighted by Gasteiger charge is 2.33. The van der Waals surface area contributed by atoms with E-state index in [2.05, 4.69) is 10.6 Å². The van der Waals surface area contributed by atoms with Gasteiger partial charge in [-0.1, -0.05) is 13.8 Å². The summed E-state index contributed by atoms with van der Waals surface area (Å²) in [4.78, 5) is 23.7. The van der Waals surface area contributed by atoms with Crippen LogP contribution in [-0.2, 0) is 16.0 Å². The van der Waals surface area contributed by atoms with E-state index in [1.807, 2.05) is 26.0 Å². The van der Waals surface area contributed by atoms with Gasteiger partial charge >= 0.3 is 0 Å². The lowest BCUT2D eigenvalue weighted by atomic mass is 10.0. The normalized spacial score (nSPS) is 16.2. The molecule has 1 aliphatic heterocycles. The molecule has 0 fully saturated rings. The van der Waals surface area contributed by atoms with Gasteiger partial charge in [0.15, 0.2) is 5.60 Å². The average molecular weight is 304 g/mol. The van der Waals surface area contributed by atoms with Crippen molar-refractivity contribution in [2.24, 2.45) is 0 Å². The van der Waals surface area contributed by atoms with E-state index in [9.17, 15) is 9.59 Å². The Hall–Kier alpha value is -2.04. The fourth-order valence-electron chi connectivity index (χ4n) is 2.39. The van der Waals surface area contributed by atoms with Gasteiger partial charge in [0.25, 0.3) is 5.91 Å². The van der Waals surface area contributed by atoms with Crippen LogP contribution < -0.4 is 15.4 Å². The number of carbonyl (C=O) groups excluding carboxylic acids is 2. The molecule has 0 saturated carbocycles. The minimum atomic E-state index is -0.888. The number of aryl methyl sites for hydroxylation is 1. The number of benzene rings is 1. The van der Waals surface area contributed by atoms with Crippen LogP contribution in [0.25, 0.3) is 0 Å². The molecule has 0 radical (unpaired) electrons. The van der Waals surface area contributed by atoms with Crippen LogP contribution in [0.4, 0.5) is 5.69 Å². The monoisotopic (exact) mass is 304 g/mol. The minimum absolute atomic E-state index is 0.0403. The number of anilines is 1. The third kappa shape index (κ3) is 3.59. The highest BCUT2D eigenvalue weighted by atomic mass is 16.5. The molecule has 0 spiro atoms. The van der Waals surface area contributed by atoms with E-state index < -0.39 is 5.60 Å². The summed E-state index contributed by atoms with van der Waals surface area (Å²) >= 11 is 0. The molecule has 2 N–H and O–H groups in total. The molecule has 120 valence electrons. The van der Waals surface area contributed by atoms with Crippen LogP contribution in [0.3, 0.4) is 0 Å². The fourth-order valence-corrected chi connectivity index (χ4v) is 2.39. The van der Waals surface area contributed by atoms with Crippen molar-refractivity contribution >= 4 is 17.5 Å². The van der Waals surface area contributed by atoms with Gasteiger partial charge in [0.2, 0.25) is 5.91 Å². The summed E-state index contributed by atoms with van der Waals surface area (Å²) in [6.07, 6.45) is 2.65. The van der Waals surface area contributed by atoms with Gasteiger partial charge in [-0.25, -0.2) is 0 Å². The average Bonchev–Trinajstić information content (AvgIpc) is 2.52. The summed E-state index contributed by atoms with van der Waals surface area (Å²) in [7, 11) is 0. The first-order valence-corrected chi connectivity index (χ1v) is 7.88. The summed E-state index contributed by atoms with van der Waals surface area (Å²) in [6.45, 7) is 6.40. The molecule has 22 heavy (non-hydrogen) atoms. The second kappa shape index (κ2) is 6.81. The van der Waals surface area contributed by atoms with Crippen molar-refractivity contribution in [1.82, 2.24) is 5.32 Å². The Labute approximate surface area is 131 Å². The lowest BCUT2D eigenvalue weighted by Gasteiger charge is -2.29. The first-order chi connectivity index (χ1) is 10.5. The first-order valence-electron chi connectivity index (χ1n) is 7.88. The Balaban J connectivity index is 2.14. The Morgan fingerprint density at radius 3 is 2.82 bits per heavy atom. The van der Waals surface area contributed by atoms with E-state index >= 15 is 0 Å². The number of fused-ring (bicyclic) bond motifs is 1. The molecule has 1 unspecified atom stereocenters.